The molecule has 0 saturated carbocycles. The van der Waals surface area contributed by atoms with Gasteiger partial charge in [-0.05, 0) is 148 Å². The van der Waals surface area contributed by atoms with Crippen LogP contribution in [0.3, 0.4) is 0 Å². The average Bonchev–Trinajstić information content (AvgIpc) is 3.83. The second-order valence-corrected chi connectivity index (χ2v) is 17.1. The van der Waals surface area contributed by atoms with Gasteiger partial charge in [-0.1, -0.05) is 200 Å². The standard InChI is InChI=1S/C63H41N/c1-5-19-42(20-6-1)61-53-29-13-14-30-54(53)62(43-21-7-2-8-22-43)56-39-44(34-37-55(56)61)45-33-36-51-52-38-35-48(64(46-23-9-3-10-24-46)47-25-11-4-12-26-47)41-60(52)63(59(51)40-45)57-31-17-15-27-49(57)50-28-16-18-32-58(50)63/h1-41H. The molecule has 298 valence electrons. The highest BCUT2D eigenvalue weighted by Crippen LogP contribution is 2.64. The van der Waals surface area contributed by atoms with Gasteiger partial charge in [0.25, 0.3) is 0 Å². The molecule has 0 bridgehead atoms. The van der Waals surface area contributed by atoms with Crippen molar-refractivity contribution in [3.63, 3.8) is 0 Å². The monoisotopic (exact) mass is 811 g/mol. The molecule has 11 aromatic carbocycles. The van der Waals surface area contributed by atoms with Crippen LogP contribution < -0.4 is 4.90 Å². The van der Waals surface area contributed by atoms with E-state index >= 15 is 0 Å². The van der Waals surface area contributed by atoms with Gasteiger partial charge in [0.2, 0.25) is 0 Å². The molecular weight excluding hydrogens is 771 g/mol. The molecule has 2 aliphatic carbocycles. The predicted molar refractivity (Wildman–Crippen MR) is 269 cm³/mol. The van der Waals surface area contributed by atoms with E-state index in [1.807, 2.05) is 0 Å². The molecule has 0 fully saturated rings. The Balaban J connectivity index is 1.07. The number of benzene rings is 11. The van der Waals surface area contributed by atoms with E-state index in [2.05, 4.69) is 254 Å². The third-order valence-electron chi connectivity index (χ3n) is 13.8. The summed E-state index contributed by atoms with van der Waals surface area (Å²) in [4.78, 5) is 2.39. The van der Waals surface area contributed by atoms with Crippen molar-refractivity contribution >= 4 is 38.6 Å². The summed E-state index contributed by atoms with van der Waals surface area (Å²) < 4.78 is 0. The molecule has 1 heteroatoms. The SMILES string of the molecule is c1ccc(-c2c3ccccc3c(-c3ccccc3)c3cc(-c4ccc5c(c4)C4(c6ccccc6-c6ccccc64)c4cc(N(c6ccccc6)c6ccccc6)ccc4-5)ccc23)cc1. The minimum absolute atomic E-state index is 0.522. The fourth-order valence-electron chi connectivity index (χ4n) is 11.2. The summed E-state index contributed by atoms with van der Waals surface area (Å²) in [5, 5.41) is 5.03. The van der Waals surface area contributed by atoms with Gasteiger partial charge in [0.1, 0.15) is 0 Å². The van der Waals surface area contributed by atoms with E-state index in [1.165, 1.54) is 99.4 Å². The van der Waals surface area contributed by atoms with Crippen molar-refractivity contribution in [1.29, 1.82) is 0 Å². The molecule has 13 rings (SSSR count). The third-order valence-corrected chi connectivity index (χ3v) is 13.8. The van der Waals surface area contributed by atoms with Crippen molar-refractivity contribution in [2.24, 2.45) is 0 Å². The molecule has 64 heavy (non-hydrogen) atoms. The maximum Gasteiger partial charge on any atom is 0.0726 e. The molecule has 0 heterocycles. The lowest BCUT2D eigenvalue weighted by Gasteiger charge is -2.32. The third kappa shape index (κ3) is 5.31. The highest BCUT2D eigenvalue weighted by Gasteiger charge is 2.52. The number of para-hydroxylation sites is 2. The van der Waals surface area contributed by atoms with E-state index in [0.29, 0.717) is 0 Å². The smallest absolute Gasteiger partial charge is 0.0726 e. The van der Waals surface area contributed by atoms with E-state index in [9.17, 15) is 0 Å². The van der Waals surface area contributed by atoms with Crippen LogP contribution in [0.4, 0.5) is 17.1 Å². The normalized spacial score (nSPS) is 12.8. The van der Waals surface area contributed by atoms with Crippen LogP contribution in [0.2, 0.25) is 0 Å². The number of nitrogens with zero attached hydrogens (tertiary/aromatic N) is 1. The van der Waals surface area contributed by atoms with Crippen molar-refractivity contribution in [2.75, 3.05) is 4.90 Å². The summed E-state index contributed by atoms with van der Waals surface area (Å²) in [5.41, 5.74) is 20.7. The fourth-order valence-corrected chi connectivity index (χ4v) is 11.2. The van der Waals surface area contributed by atoms with E-state index in [4.69, 9.17) is 0 Å². The lowest BCUT2D eigenvalue weighted by Crippen LogP contribution is -2.26. The second kappa shape index (κ2) is 14.4. The van der Waals surface area contributed by atoms with Crippen molar-refractivity contribution < 1.29 is 0 Å². The maximum absolute atomic E-state index is 2.52. The molecule has 0 aromatic heterocycles. The Labute approximate surface area is 373 Å². The average molecular weight is 812 g/mol. The van der Waals surface area contributed by atoms with Crippen LogP contribution >= 0.6 is 0 Å². The number of rotatable bonds is 6. The number of anilines is 3. The fraction of sp³-hybridized carbons (Fsp3) is 0.0159. The summed E-state index contributed by atoms with van der Waals surface area (Å²) in [7, 11) is 0. The molecule has 0 unspecified atom stereocenters. The Morgan fingerprint density at radius 2 is 0.641 bits per heavy atom. The highest BCUT2D eigenvalue weighted by atomic mass is 15.1. The van der Waals surface area contributed by atoms with Gasteiger partial charge < -0.3 is 4.90 Å². The van der Waals surface area contributed by atoms with Crippen molar-refractivity contribution in [3.05, 3.63) is 271 Å². The van der Waals surface area contributed by atoms with Gasteiger partial charge in [-0.3, -0.25) is 0 Å². The zero-order valence-electron chi connectivity index (χ0n) is 35.1. The van der Waals surface area contributed by atoms with Crippen molar-refractivity contribution in [2.45, 2.75) is 5.41 Å². The summed E-state index contributed by atoms with van der Waals surface area (Å²) >= 11 is 0. The quantitative estimate of drug-likeness (QED) is 0.151. The first-order valence-electron chi connectivity index (χ1n) is 22.3. The minimum Gasteiger partial charge on any atom is -0.310 e. The second-order valence-electron chi connectivity index (χ2n) is 17.1. The zero-order chi connectivity index (χ0) is 42.2. The Morgan fingerprint density at radius 3 is 1.22 bits per heavy atom. The first-order valence-corrected chi connectivity index (χ1v) is 22.3. The van der Waals surface area contributed by atoms with Gasteiger partial charge in [0.05, 0.1) is 5.41 Å². The summed E-state index contributed by atoms with van der Waals surface area (Å²) in [6, 6.07) is 92.1. The Hall–Kier alpha value is -8.26. The van der Waals surface area contributed by atoms with Crippen LogP contribution in [0.25, 0.3) is 77.2 Å². The van der Waals surface area contributed by atoms with Gasteiger partial charge in [-0.15, -0.1) is 0 Å². The maximum atomic E-state index is 2.52. The lowest BCUT2D eigenvalue weighted by atomic mass is 9.70. The molecule has 2 aliphatic rings. The lowest BCUT2D eigenvalue weighted by molar-refractivity contribution is 0.794. The van der Waals surface area contributed by atoms with E-state index in [1.54, 1.807) is 0 Å². The molecule has 0 saturated heterocycles. The molecular formula is C63H41N. The Bertz CT molecular complexity index is 3510. The van der Waals surface area contributed by atoms with Crippen LogP contribution in [0.15, 0.2) is 249 Å². The number of hydrogen-bond donors (Lipinski definition) is 0. The van der Waals surface area contributed by atoms with Gasteiger partial charge in [-0.2, -0.15) is 0 Å². The van der Waals surface area contributed by atoms with Gasteiger partial charge in [0, 0.05) is 17.1 Å². The van der Waals surface area contributed by atoms with Gasteiger partial charge in [0.15, 0.2) is 0 Å². The van der Waals surface area contributed by atoms with Gasteiger partial charge in [-0.25, -0.2) is 0 Å². The highest BCUT2D eigenvalue weighted by molar-refractivity contribution is 6.22. The first-order chi connectivity index (χ1) is 31.8. The predicted octanol–water partition coefficient (Wildman–Crippen LogP) is 16.8. The number of hydrogen-bond acceptors (Lipinski definition) is 1. The summed E-state index contributed by atoms with van der Waals surface area (Å²) in [6.07, 6.45) is 0. The van der Waals surface area contributed by atoms with E-state index < -0.39 is 5.41 Å². The summed E-state index contributed by atoms with van der Waals surface area (Å²) in [6.45, 7) is 0. The van der Waals surface area contributed by atoms with Crippen LogP contribution in [0.1, 0.15) is 22.3 Å². The van der Waals surface area contributed by atoms with Crippen molar-refractivity contribution in [3.8, 4) is 55.6 Å². The minimum atomic E-state index is -0.522. The number of fused-ring (bicyclic) bond motifs is 12. The van der Waals surface area contributed by atoms with E-state index in [0.717, 1.165) is 17.1 Å². The Morgan fingerprint density at radius 1 is 0.234 bits per heavy atom. The first kappa shape index (κ1) is 36.4. The van der Waals surface area contributed by atoms with Crippen LogP contribution in [0.5, 0.6) is 0 Å². The molecule has 0 N–H and O–H groups in total. The van der Waals surface area contributed by atoms with E-state index in [-0.39, 0.29) is 0 Å². The van der Waals surface area contributed by atoms with Crippen LogP contribution in [-0.2, 0) is 5.41 Å². The molecule has 11 aromatic rings. The van der Waals surface area contributed by atoms with Crippen LogP contribution in [0, 0.1) is 0 Å². The topological polar surface area (TPSA) is 3.24 Å². The molecule has 1 nitrogen and oxygen atoms in total. The summed E-state index contributed by atoms with van der Waals surface area (Å²) in [5.74, 6) is 0. The largest absolute Gasteiger partial charge is 0.310 e. The zero-order valence-corrected chi connectivity index (χ0v) is 35.1. The molecule has 0 amide bonds. The Kier molecular flexibility index (Phi) is 8.20. The molecule has 1 spiro atoms. The molecule has 0 radical (unpaired) electrons. The van der Waals surface area contributed by atoms with Gasteiger partial charge >= 0.3 is 0 Å². The molecule has 0 aliphatic heterocycles. The van der Waals surface area contributed by atoms with Crippen molar-refractivity contribution in [1.82, 2.24) is 0 Å². The van der Waals surface area contributed by atoms with Crippen LogP contribution in [-0.4, -0.2) is 0 Å². The molecule has 0 atom stereocenters.